The van der Waals surface area contributed by atoms with E-state index < -0.39 is 18.5 Å². The molecule has 0 saturated carbocycles. The van der Waals surface area contributed by atoms with Crippen LogP contribution in [0.2, 0.25) is 0 Å². The summed E-state index contributed by atoms with van der Waals surface area (Å²) in [7, 11) is 0. The summed E-state index contributed by atoms with van der Waals surface area (Å²) in [6.07, 6.45) is 0. The second-order valence-electron chi connectivity index (χ2n) is 6.00. The number of benzene rings is 2. The van der Waals surface area contributed by atoms with Crippen LogP contribution >= 0.6 is 11.8 Å². The van der Waals surface area contributed by atoms with Gasteiger partial charge in [-0.3, -0.25) is 4.79 Å². The van der Waals surface area contributed by atoms with Crippen molar-refractivity contribution in [3.05, 3.63) is 77.2 Å². The number of hydrogen-bond acceptors (Lipinski definition) is 7. The molecule has 3 rings (SSSR count). The van der Waals surface area contributed by atoms with Crippen molar-refractivity contribution >= 4 is 29.3 Å². The maximum Gasteiger partial charge on any atom is 0.339 e. The van der Waals surface area contributed by atoms with Crippen molar-refractivity contribution in [1.29, 1.82) is 5.26 Å². The largest absolute Gasteiger partial charge is 0.452 e. The van der Waals surface area contributed by atoms with E-state index in [1.54, 1.807) is 42.5 Å². The Morgan fingerprint density at radius 2 is 1.97 bits per heavy atom. The molecule has 0 aliphatic carbocycles. The molecule has 1 amide bonds. The third-order valence-corrected chi connectivity index (χ3v) is 4.92. The van der Waals surface area contributed by atoms with Crippen molar-refractivity contribution in [3.63, 3.8) is 0 Å². The Morgan fingerprint density at radius 3 is 2.72 bits per heavy atom. The van der Waals surface area contributed by atoms with Crippen molar-refractivity contribution in [1.82, 2.24) is 5.16 Å². The summed E-state index contributed by atoms with van der Waals surface area (Å²) in [6.45, 7) is 1.35. The number of nitrogens with one attached hydrogen (secondary N) is 1. The van der Waals surface area contributed by atoms with Crippen LogP contribution in [0.15, 0.2) is 64.0 Å². The normalized spacial score (nSPS) is 10.2. The molecule has 29 heavy (non-hydrogen) atoms. The van der Waals surface area contributed by atoms with E-state index in [1.807, 2.05) is 25.1 Å². The molecule has 0 spiro atoms. The lowest BCUT2D eigenvalue weighted by Crippen LogP contribution is -2.21. The summed E-state index contributed by atoms with van der Waals surface area (Å²) in [5.74, 6) is 0.127. The van der Waals surface area contributed by atoms with Crippen molar-refractivity contribution in [3.8, 4) is 6.07 Å². The van der Waals surface area contributed by atoms with Gasteiger partial charge in [0.05, 0.1) is 22.5 Å². The van der Waals surface area contributed by atoms with Gasteiger partial charge in [-0.25, -0.2) is 4.79 Å². The van der Waals surface area contributed by atoms with Gasteiger partial charge in [0.25, 0.3) is 5.91 Å². The number of nitriles is 1. The van der Waals surface area contributed by atoms with Gasteiger partial charge in [0.2, 0.25) is 0 Å². The maximum atomic E-state index is 12.5. The van der Waals surface area contributed by atoms with Crippen LogP contribution in [-0.2, 0) is 15.3 Å². The molecule has 1 N–H and O–H groups in total. The van der Waals surface area contributed by atoms with Gasteiger partial charge in [0.1, 0.15) is 11.8 Å². The number of anilines is 1. The molecule has 0 radical (unpaired) electrons. The summed E-state index contributed by atoms with van der Waals surface area (Å²) in [5.41, 5.74) is 1.83. The number of ether oxygens (including phenoxy) is 1. The molecule has 146 valence electrons. The number of para-hydroxylation sites is 1. The number of esters is 1. The summed E-state index contributed by atoms with van der Waals surface area (Å²) in [5, 5.41) is 15.6. The number of nitrogens with zero attached hydrogens (tertiary/aromatic N) is 2. The molecule has 1 heterocycles. The number of carbonyl (C=O) groups excluding carboxylic acids is 2. The number of thioether (sulfide) groups is 1. The van der Waals surface area contributed by atoms with E-state index >= 15 is 0 Å². The molecule has 2 aromatic carbocycles. The van der Waals surface area contributed by atoms with Gasteiger partial charge in [-0.2, -0.15) is 5.26 Å². The highest BCUT2D eigenvalue weighted by Crippen LogP contribution is 2.26. The van der Waals surface area contributed by atoms with E-state index in [1.165, 1.54) is 11.8 Å². The predicted octanol–water partition coefficient (Wildman–Crippen LogP) is 3.94. The number of amides is 1. The lowest BCUT2D eigenvalue weighted by Gasteiger charge is -2.10. The molecule has 0 fully saturated rings. The molecule has 7 nitrogen and oxygen atoms in total. The fraction of sp³-hybridized carbons (Fsp3) is 0.143. The lowest BCUT2D eigenvalue weighted by molar-refractivity contribution is -0.119. The van der Waals surface area contributed by atoms with Crippen LogP contribution in [-0.4, -0.2) is 23.6 Å². The Bertz CT molecular complexity index is 1070. The number of aryl methyl sites for hydroxylation is 1. The standard InChI is InChI=1S/C21H17N3O4S/c1-14-10-16(24-28-14)13-29-19-9-5-3-7-17(19)21(26)27-12-20(25)23-18-8-4-2-6-15(18)11-22/h2-10H,12-13H2,1H3,(H,23,25). The Morgan fingerprint density at radius 1 is 1.21 bits per heavy atom. The minimum absolute atomic E-state index is 0.331. The zero-order chi connectivity index (χ0) is 20.6. The smallest absolute Gasteiger partial charge is 0.339 e. The number of carbonyl (C=O) groups is 2. The van der Waals surface area contributed by atoms with Gasteiger partial charge >= 0.3 is 5.97 Å². The van der Waals surface area contributed by atoms with Crippen LogP contribution in [0.5, 0.6) is 0 Å². The van der Waals surface area contributed by atoms with Gasteiger partial charge in [-0.1, -0.05) is 29.4 Å². The van der Waals surface area contributed by atoms with E-state index in [4.69, 9.17) is 14.5 Å². The Labute approximate surface area is 171 Å². The highest BCUT2D eigenvalue weighted by atomic mass is 32.2. The first-order valence-electron chi connectivity index (χ1n) is 8.67. The fourth-order valence-corrected chi connectivity index (χ4v) is 3.40. The highest BCUT2D eigenvalue weighted by Gasteiger charge is 2.16. The number of aromatic nitrogens is 1. The number of hydrogen-bond donors (Lipinski definition) is 1. The lowest BCUT2D eigenvalue weighted by atomic mass is 10.2. The second-order valence-corrected chi connectivity index (χ2v) is 7.01. The van der Waals surface area contributed by atoms with Crippen LogP contribution < -0.4 is 5.32 Å². The molecule has 0 aliphatic heterocycles. The molecular formula is C21H17N3O4S. The SMILES string of the molecule is Cc1cc(CSc2ccccc2C(=O)OCC(=O)Nc2ccccc2C#N)no1. The molecule has 0 atom stereocenters. The van der Waals surface area contributed by atoms with Gasteiger partial charge in [-0.15, -0.1) is 11.8 Å². The highest BCUT2D eigenvalue weighted by molar-refractivity contribution is 7.98. The summed E-state index contributed by atoms with van der Waals surface area (Å²) in [4.78, 5) is 25.3. The Kier molecular flexibility index (Phi) is 6.66. The van der Waals surface area contributed by atoms with E-state index in [0.717, 1.165) is 11.5 Å². The second kappa shape index (κ2) is 9.57. The van der Waals surface area contributed by atoms with Crippen molar-refractivity contribution in [2.24, 2.45) is 0 Å². The van der Waals surface area contributed by atoms with E-state index in [-0.39, 0.29) is 0 Å². The van der Waals surface area contributed by atoms with Crippen LogP contribution in [0.25, 0.3) is 0 Å². The molecular weight excluding hydrogens is 390 g/mol. The van der Waals surface area contributed by atoms with Crippen LogP contribution in [0.3, 0.4) is 0 Å². The maximum absolute atomic E-state index is 12.5. The Hall–Kier alpha value is -3.57. The van der Waals surface area contributed by atoms with Gasteiger partial charge in [0.15, 0.2) is 6.61 Å². The summed E-state index contributed by atoms with van der Waals surface area (Å²) in [6, 6.07) is 17.4. The van der Waals surface area contributed by atoms with Crippen LogP contribution in [0.1, 0.15) is 27.4 Å². The first-order valence-corrected chi connectivity index (χ1v) is 9.65. The zero-order valence-electron chi connectivity index (χ0n) is 15.5. The van der Waals surface area contributed by atoms with Gasteiger partial charge in [-0.05, 0) is 31.2 Å². The molecule has 0 aliphatic rings. The monoisotopic (exact) mass is 407 g/mol. The van der Waals surface area contributed by atoms with Crippen molar-refractivity contribution in [2.45, 2.75) is 17.6 Å². The van der Waals surface area contributed by atoms with Gasteiger partial charge in [0, 0.05) is 16.7 Å². The third-order valence-electron chi connectivity index (χ3n) is 3.82. The number of rotatable bonds is 7. The van der Waals surface area contributed by atoms with E-state index in [0.29, 0.717) is 27.5 Å². The van der Waals surface area contributed by atoms with Crippen LogP contribution in [0, 0.1) is 18.3 Å². The third kappa shape index (κ3) is 5.46. The average Bonchev–Trinajstić information content (AvgIpc) is 3.16. The molecule has 3 aromatic rings. The minimum Gasteiger partial charge on any atom is -0.452 e. The molecule has 0 unspecified atom stereocenters. The molecule has 0 bridgehead atoms. The fourth-order valence-electron chi connectivity index (χ4n) is 2.48. The summed E-state index contributed by atoms with van der Waals surface area (Å²) >= 11 is 1.42. The summed E-state index contributed by atoms with van der Waals surface area (Å²) < 4.78 is 10.2. The van der Waals surface area contributed by atoms with Gasteiger partial charge < -0.3 is 14.6 Å². The van der Waals surface area contributed by atoms with Crippen LogP contribution in [0.4, 0.5) is 5.69 Å². The molecule has 8 heteroatoms. The quantitative estimate of drug-likeness (QED) is 0.467. The van der Waals surface area contributed by atoms with E-state index in [2.05, 4.69) is 10.5 Å². The van der Waals surface area contributed by atoms with Crippen molar-refractivity contribution in [2.75, 3.05) is 11.9 Å². The van der Waals surface area contributed by atoms with Crippen molar-refractivity contribution < 1.29 is 18.8 Å². The first-order chi connectivity index (χ1) is 14.1. The average molecular weight is 407 g/mol. The zero-order valence-corrected chi connectivity index (χ0v) is 16.4. The first kappa shape index (κ1) is 20.2. The van der Waals surface area contributed by atoms with E-state index in [9.17, 15) is 9.59 Å². The predicted molar refractivity (Wildman–Crippen MR) is 107 cm³/mol. The minimum atomic E-state index is -0.604. The Balaban J connectivity index is 1.59. The topological polar surface area (TPSA) is 105 Å². The molecule has 0 saturated heterocycles. The molecule has 1 aromatic heterocycles.